The van der Waals surface area contributed by atoms with Gasteiger partial charge in [0.05, 0.1) is 6.07 Å². The van der Waals surface area contributed by atoms with Crippen molar-refractivity contribution >= 4 is 11.9 Å². The van der Waals surface area contributed by atoms with Crippen molar-refractivity contribution in [2.24, 2.45) is 5.73 Å². The van der Waals surface area contributed by atoms with E-state index in [2.05, 4.69) is 5.73 Å². The number of carbonyl (C=O) groups is 2. The van der Waals surface area contributed by atoms with Crippen LogP contribution in [0.15, 0.2) is 0 Å². The standard InChI is InChI=1S/C2H5NO.C2H3N.C2H4O2.CH4.H3N.2H2O/c1-2(3)4;1-2-3;1-2(3)4;;;;/h1H3,(H2,3,4);1H3;1H3,(H,3,4);1H4;1H3;2*1H2/p-3. The maximum absolute atomic E-state index is 9.22. The molecule has 1 amide bonds. The van der Waals surface area contributed by atoms with Gasteiger partial charge in [-0.1, -0.05) is 7.43 Å². The molecule has 0 radical (unpaired) electrons. The van der Waals surface area contributed by atoms with Crippen LogP contribution in [0.3, 0.4) is 0 Å². The van der Waals surface area contributed by atoms with Crippen LogP contribution in [0.2, 0.25) is 0 Å². The number of amides is 1. The van der Waals surface area contributed by atoms with Gasteiger partial charge in [0.2, 0.25) is 5.91 Å². The summed E-state index contributed by atoms with van der Waals surface area (Å²) in [6, 6.07) is 1.75. The number of hydrogen-bond acceptors (Lipinski definition) is 7. The SMILES string of the molecule is C.CC#N.CC(=O)[O-].CC(N)=O.N.[OH-].[OH-]. The van der Waals surface area contributed by atoms with Gasteiger partial charge < -0.3 is 32.7 Å². The van der Waals surface area contributed by atoms with Crippen molar-refractivity contribution in [1.82, 2.24) is 6.15 Å². The van der Waals surface area contributed by atoms with Gasteiger partial charge in [-0.05, 0) is 6.92 Å². The number of hydrogen-bond donors (Lipinski definition) is 2. The zero-order valence-electron chi connectivity index (χ0n) is 8.35. The molecular weight excluding hydrogens is 206 g/mol. The van der Waals surface area contributed by atoms with Crippen LogP contribution in [0.1, 0.15) is 28.2 Å². The number of nitriles is 1. The lowest BCUT2D eigenvalue weighted by Crippen LogP contribution is -2.16. The van der Waals surface area contributed by atoms with Crippen LogP contribution in [-0.4, -0.2) is 22.8 Å². The molecule has 0 rings (SSSR count). The second-order valence-corrected chi connectivity index (χ2v) is 1.33. The van der Waals surface area contributed by atoms with Crippen molar-refractivity contribution in [3.8, 4) is 6.07 Å². The molecule has 8 heteroatoms. The third-order valence-corrected chi connectivity index (χ3v) is 0. The largest absolute Gasteiger partial charge is 0.870 e. The summed E-state index contributed by atoms with van der Waals surface area (Å²) in [6.45, 7) is 3.71. The molecule has 15 heavy (non-hydrogen) atoms. The molecule has 8 nitrogen and oxygen atoms in total. The van der Waals surface area contributed by atoms with Crippen LogP contribution in [0, 0.1) is 11.3 Å². The minimum Gasteiger partial charge on any atom is -0.870 e. The lowest BCUT2D eigenvalue weighted by Gasteiger charge is -1.77. The predicted molar refractivity (Wildman–Crippen MR) is 52.5 cm³/mol. The van der Waals surface area contributed by atoms with Gasteiger partial charge >= 0.3 is 0 Å². The predicted octanol–water partition coefficient (Wildman–Crippen LogP) is -0.778. The number of carboxylic acid groups (broad SMARTS) is 1. The van der Waals surface area contributed by atoms with Gasteiger partial charge in [-0.15, -0.1) is 0 Å². The summed E-state index contributed by atoms with van der Waals surface area (Å²) in [5.41, 5.74) is 4.47. The number of carboxylic acids is 1. The van der Waals surface area contributed by atoms with Gasteiger partial charge in [-0.3, -0.25) is 4.79 Å². The molecule has 0 bridgehead atoms. The highest BCUT2D eigenvalue weighted by Crippen LogP contribution is 1.33. The minimum absolute atomic E-state index is 0. The van der Waals surface area contributed by atoms with Crippen molar-refractivity contribution in [2.45, 2.75) is 28.2 Å². The number of nitrogens with zero attached hydrogens (tertiary/aromatic N) is 1. The Kier molecular flexibility index (Phi) is 189. The summed E-state index contributed by atoms with van der Waals surface area (Å²) in [4.78, 5) is 18.1. The van der Waals surface area contributed by atoms with Crippen molar-refractivity contribution in [3.63, 3.8) is 0 Å². The molecule has 96 valence electrons. The second-order valence-electron chi connectivity index (χ2n) is 1.33. The first-order valence-electron chi connectivity index (χ1n) is 2.62. The van der Waals surface area contributed by atoms with Crippen LogP contribution in [-0.2, 0) is 9.59 Å². The zero-order chi connectivity index (χ0) is 9.86. The summed E-state index contributed by atoms with van der Waals surface area (Å²) in [5.74, 6) is -1.42. The average Bonchev–Trinajstić information content (AvgIpc) is 1.60. The van der Waals surface area contributed by atoms with E-state index < -0.39 is 5.97 Å². The highest BCUT2D eigenvalue weighted by molar-refractivity contribution is 5.70. The van der Waals surface area contributed by atoms with Crippen LogP contribution in [0.5, 0.6) is 0 Å². The molecular formula is C7H20N3O5-3. The molecule has 0 fully saturated rings. The van der Waals surface area contributed by atoms with Crippen LogP contribution in [0.4, 0.5) is 0 Å². The maximum Gasteiger partial charge on any atom is 0.214 e. The minimum atomic E-state index is -1.08. The number of primary amides is 1. The van der Waals surface area contributed by atoms with Crippen LogP contribution >= 0.6 is 0 Å². The Balaban J connectivity index is -0.0000000114. The Morgan fingerprint density at radius 2 is 1.27 bits per heavy atom. The Morgan fingerprint density at radius 3 is 1.27 bits per heavy atom. The first-order chi connectivity index (χ1) is 4.88. The summed E-state index contributed by atoms with van der Waals surface area (Å²) in [5, 5.41) is 16.2. The molecule has 0 saturated carbocycles. The highest BCUT2D eigenvalue weighted by atomic mass is 16.4. The molecule has 0 aromatic rings. The quantitative estimate of drug-likeness (QED) is 0.538. The van der Waals surface area contributed by atoms with E-state index in [1.165, 1.54) is 13.8 Å². The molecule has 0 atom stereocenters. The monoisotopic (exact) mass is 226 g/mol. The molecule has 0 aromatic carbocycles. The van der Waals surface area contributed by atoms with E-state index in [4.69, 9.17) is 15.2 Å². The normalized spacial score (nSPS) is 3.87. The van der Waals surface area contributed by atoms with Gasteiger partial charge in [0.15, 0.2) is 0 Å². The molecule has 0 aliphatic rings. The smallest absolute Gasteiger partial charge is 0.214 e. The number of carbonyl (C=O) groups excluding carboxylic acids is 2. The average molecular weight is 226 g/mol. The summed E-state index contributed by atoms with van der Waals surface area (Å²) >= 11 is 0. The van der Waals surface area contributed by atoms with Crippen LogP contribution < -0.4 is 17.0 Å². The first-order valence-corrected chi connectivity index (χ1v) is 2.62. The highest BCUT2D eigenvalue weighted by Gasteiger charge is 1.61. The molecule has 0 saturated heterocycles. The second kappa shape index (κ2) is 55.8. The maximum atomic E-state index is 9.22. The van der Waals surface area contributed by atoms with Crippen molar-refractivity contribution in [2.75, 3.05) is 0 Å². The lowest BCUT2D eigenvalue weighted by atomic mass is 10.8. The van der Waals surface area contributed by atoms with E-state index in [1.807, 2.05) is 0 Å². The molecule has 0 unspecified atom stereocenters. The number of rotatable bonds is 0. The Labute approximate surface area is 89.9 Å². The molecule has 0 aliphatic carbocycles. The van der Waals surface area contributed by atoms with E-state index in [1.54, 1.807) is 6.07 Å². The van der Waals surface area contributed by atoms with E-state index in [0.29, 0.717) is 0 Å². The van der Waals surface area contributed by atoms with Gasteiger partial charge in [-0.2, -0.15) is 5.26 Å². The van der Waals surface area contributed by atoms with Gasteiger partial charge in [0.25, 0.3) is 0 Å². The van der Waals surface area contributed by atoms with E-state index >= 15 is 0 Å². The molecule has 7 N–H and O–H groups in total. The fourth-order valence-electron chi connectivity index (χ4n) is 0. The first kappa shape index (κ1) is 50.7. The summed E-state index contributed by atoms with van der Waals surface area (Å²) in [7, 11) is 0. The molecule has 0 aliphatic heterocycles. The van der Waals surface area contributed by atoms with Crippen LogP contribution in [0.25, 0.3) is 0 Å². The third kappa shape index (κ3) is 458. The molecule has 0 spiro atoms. The Hall–Kier alpha value is -1.69. The van der Waals surface area contributed by atoms with E-state index in [9.17, 15) is 4.79 Å². The third-order valence-electron chi connectivity index (χ3n) is 0. The zero-order valence-corrected chi connectivity index (χ0v) is 8.35. The Morgan fingerprint density at radius 1 is 1.27 bits per heavy atom. The molecule has 0 aromatic heterocycles. The van der Waals surface area contributed by atoms with Gasteiger partial charge in [0.1, 0.15) is 0 Å². The fourth-order valence-corrected chi connectivity index (χ4v) is 0. The number of nitrogens with two attached hydrogens (primary N) is 1. The summed E-state index contributed by atoms with van der Waals surface area (Å²) < 4.78 is 0. The topological polar surface area (TPSA) is 202 Å². The molecule has 0 heterocycles. The van der Waals surface area contributed by atoms with Crippen molar-refractivity contribution < 1.29 is 25.6 Å². The lowest BCUT2D eigenvalue weighted by molar-refractivity contribution is -0.302. The van der Waals surface area contributed by atoms with Crippen molar-refractivity contribution in [1.29, 1.82) is 5.26 Å². The fraction of sp³-hybridized carbons (Fsp3) is 0.571. The van der Waals surface area contributed by atoms with E-state index in [0.717, 1.165) is 6.92 Å². The van der Waals surface area contributed by atoms with Gasteiger partial charge in [0, 0.05) is 19.8 Å². The van der Waals surface area contributed by atoms with Gasteiger partial charge in [-0.25, -0.2) is 0 Å². The number of aliphatic carboxylic acids is 1. The Bertz CT molecular complexity index is 135. The summed E-state index contributed by atoms with van der Waals surface area (Å²) in [6.07, 6.45) is 0. The van der Waals surface area contributed by atoms with Crippen molar-refractivity contribution in [3.05, 3.63) is 0 Å². The van der Waals surface area contributed by atoms with E-state index in [-0.39, 0.29) is 30.4 Å².